The lowest BCUT2D eigenvalue weighted by Crippen LogP contribution is -2.53. The molecule has 2 aliphatic heterocycles. The van der Waals surface area contributed by atoms with Crippen molar-refractivity contribution in [3.8, 4) is 0 Å². The van der Waals surface area contributed by atoms with E-state index in [0.717, 1.165) is 24.9 Å². The Hall–Kier alpha value is -2.70. The Morgan fingerprint density at radius 1 is 1.25 bits per heavy atom. The van der Waals surface area contributed by atoms with Crippen LogP contribution in [-0.4, -0.2) is 44.9 Å². The summed E-state index contributed by atoms with van der Waals surface area (Å²) in [5, 5.41) is 0. The van der Waals surface area contributed by atoms with Crippen molar-refractivity contribution >= 4 is 11.6 Å². The maximum absolute atomic E-state index is 13.4. The summed E-state index contributed by atoms with van der Waals surface area (Å²) in [6.07, 6.45) is 2.66. The zero-order valence-electron chi connectivity index (χ0n) is 16.4. The molecule has 2 aromatic rings. The normalized spacial score (nSPS) is 23.6. The molecule has 2 saturated heterocycles. The van der Waals surface area contributed by atoms with Gasteiger partial charge in [0.05, 0.1) is 12.1 Å². The molecule has 148 valence electrons. The number of aromatic nitrogens is 2. The van der Waals surface area contributed by atoms with Crippen LogP contribution in [0, 0.1) is 12.7 Å². The smallest absolute Gasteiger partial charge is 0.345 e. The number of nitrogens with zero attached hydrogens (tertiary/aromatic N) is 3. The van der Waals surface area contributed by atoms with Crippen molar-refractivity contribution in [3.63, 3.8) is 0 Å². The predicted octanol–water partition coefficient (Wildman–Crippen LogP) is 2.88. The van der Waals surface area contributed by atoms with Gasteiger partial charge in [0.1, 0.15) is 11.5 Å². The molecule has 6 nitrogen and oxygen atoms in total. The lowest BCUT2D eigenvalue weighted by Gasteiger charge is -2.42. The number of rotatable bonds is 2. The van der Waals surface area contributed by atoms with Crippen molar-refractivity contribution in [2.45, 2.75) is 57.7 Å². The van der Waals surface area contributed by atoms with E-state index >= 15 is 0 Å². The molecule has 1 amide bonds. The summed E-state index contributed by atoms with van der Waals surface area (Å²) in [4.78, 5) is 35.6. The summed E-state index contributed by atoms with van der Waals surface area (Å²) in [7, 11) is 0. The van der Waals surface area contributed by atoms with Gasteiger partial charge in [-0.25, -0.2) is 9.18 Å². The monoisotopic (exact) mass is 384 g/mol. The van der Waals surface area contributed by atoms with E-state index in [1.807, 2.05) is 17.0 Å². The average Bonchev–Trinajstić information content (AvgIpc) is 2.91. The van der Waals surface area contributed by atoms with E-state index in [1.54, 1.807) is 13.0 Å². The number of H-pyrrole nitrogens is 1. The molecule has 7 heteroatoms. The van der Waals surface area contributed by atoms with Crippen molar-refractivity contribution in [2.24, 2.45) is 0 Å². The summed E-state index contributed by atoms with van der Waals surface area (Å²) in [6.45, 7) is 6.72. The standard InChI is InChI=1S/C21H25FN4O2/c1-13-11-16(24-20(28)23-13)19(27)25-10-4-5-17-18(25)12-21(2,3)26(17)15-8-6-14(22)7-9-15/h6-9,11,17-18H,4-5,10,12H2,1-3H3,(H,23,24,28)/t17-,18-/m0/s1. The van der Waals surface area contributed by atoms with Crippen LogP contribution in [0.15, 0.2) is 35.1 Å². The molecule has 2 aliphatic rings. The van der Waals surface area contributed by atoms with Crippen LogP contribution in [0.5, 0.6) is 0 Å². The Morgan fingerprint density at radius 3 is 2.64 bits per heavy atom. The van der Waals surface area contributed by atoms with Gasteiger partial charge in [-0.05, 0) is 70.4 Å². The summed E-state index contributed by atoms with van der Waals surface area (Å²) in [6, 6.07) is 8.39. The van der Waals surface area contributed by atoms with E-state index in [-0.39, 0.29) is 35.0 Å². The van der Waals surface area contributed by atoms with Crippen LogP contribution in [0.2, 0.25) is 0 Å². The van der Waals surface area contributed by atoms with E-state index in [2.05, 4.69) is 28.7 Å². The first-order chi connectivity index (χ1) is 13.3. The molecule has 2 fully saturated rings. The van der Waals surface area contributed by atoms with Gasteiger partial charge in [-0.1, -0.05) is 0 Å². The molecule has 1 aromatic heterocycles. The number of amides is 1. The minimum atomic E-state index is -0.503. The van der Waals surface area contributed by atoms with Crippen LogP contribution in [0.4, 0.5) is 10.1 Å². The van der Waals surface area contributed by atoms with Crippen molar-refractivity contribution in [2.75, 3.05) is 11.4 Å². The highest BCUT2D eigenvalue weighted by atomic mass is 19.1. The maximum Gasteiger partial charge on any atom is 0.345 e. The number of hydrogen-bond acceptors (Lipinski definition) is 4. The zero-order valence-corrected chi connectivity index (χ0v) is 16.4. The Labute approximate surface area is 163 Å². The number of piperidine rings is 1. The topological polar surface area (TPSA) is 69.3 Å². The molecule has 2 atom stereocenters. The molecule has 0 spiro atoms. The lowest BCUT2D eigenvalue weighted by atomic mass is 9.93. The van der Waals surface area contributed by atoms with Crippen molar-refractivity contribution < 1.29 is 9.18 Å². The fourth-order valence-electron chi connectivity index (χ4n) is 4.87. The number of halogens is 1. The second-order valence-electron chi connectivity index (χ2n) is 8.39. The Morgan fingerprint density at radius 2 is 1.96 bits per heavy atom. The molecule has 0 bridgehead atoms. The Bertz CT molecular complexity index is 954. The van der Waals surface area contributed by atoms with Gasteiger partial charge < -0.3 is 14.8 Å². The fraction of sp³-hybridized carbons (Fsp3) is 0.476. The third-order valence-corrected chi connectivity index (χ3v) is 5.90. The average molecular weight is 384 g/mol. The van der Waals surface area contributed by atoms with Gasteiger partial charge in [0, 0.05) is 23.5 Å². The highest BCUT2D eigenvalue weighted by Crippen LogP contribution is 2.43. The van der Waals surface area contributed by atoms with Gasteiger partial charge in [-0.3, -0.25) is 4.79 Å². The lowest BCUT2D eigenvalue weighted by molar-refractivity contribution is 0.0598. The third-order valence-electron chi connectivity index (χ3n) is 5.90. The van der Waals surface area contributed by atoms with Crippen LogP contribution >= 0.6 is 0 Å². The molecular weight excluding hydrogens is 359 g/mol. The number of likely N-dealkylation sites (tertiary alicyclic amines) is 1. The molecule has 3 heterocycles. The number of benzene rings is 1. The predicted molar refractivity (Wildman–Crippen MR) is 105 cm³/mol. The SMILES string of the molecule is Cc1cc(C(=O)N2CCC[C@H]3[C@@H]2CC(C)(C)N3c2ccc(F)cc2)nc(=O)[nH]1. The minimum Gasteiger partial charge on any atom is -0.361 e. The first kappa shape index (κ1) is 18.7. The number of aromatic amines is 1. The summed E-state index contributed by atoms with van der Waals surface area (Å²) >= 11 is 0. The van der Waals surface area contributed by atoms with E-state index in [1.165, 1.54) is 12.1 Å². The molecule has 1 N–H and O–H groups in total. The summed E-state index contributed by atoms with van der Waals surface area (Å²) < 4.78 is 13.4. The van der Waals surface area contributed by atoms with E-state index in [0.29, 0.717) is 12.2 Å². The highest BCUT2D eigenvalue weighted by Gasteiger charge is 2.50. The number of hydrogen-bond donors (Lipinski definition) is 1. The zero-order chi connectivity index (χ0) is 20.1. The van der Waals surface area contributed by atoms with Gasteiger partial charge in [0.2, 0.25) is 0 Å². The minimum absolute atomic E-state index is 0.0303. The first-order valence-electron chi connectivity index (χ1n) is 9.70. The van der Waals surface area contributed by atoms with Crippen LogP contribution in [0.3, 0.4) is 0 Å². The quantitative estimate of drug-likeness (QED) is 0.864. The van der Waals surface area contributed by atoms with Gasteiger partial charge in [0.15, 0.2) is 0 Å². The number of nitrogens with one attached hydrogen (secondary N) is 1. The Kier molecular flexibility index (Phi) is 4.48. The summed E-state index contributed by atoms with van der Waals surface area (Å²) in [5.74, 6) is -0.450. The maximum atomic E-state index is 13.4. The number of carbonyl (C=O) groups excluding carboxylic acids is 1. The molecule has 4 rings (SSSR count). The van der Waals surface area contributed by atoms with Gasteiger partial charge >= 0.3 is 5.69 Å². The Balaban J connectivity index is 1.67. The molecule has 1 aromatic carbocycles. The molecular formula is C21H25FN4O2. The fourth-order valence-corrected chi connectivity index (χ4v) is 4.87. The molecule has 0 unspecified atom stereocenters. The third kappa shape index (κ3) is 3.19. The van der Waals surface area contributed by atoms with Crippen LogP contribution < -0.4 is 10.6 Å². The van der Waals surface area contributed by atoms with E-state index in [4.69, 9.17) is 0 Å². The number of carbonyl (C=O) groups is 1. The van der Waals surface area contributed by atoms with E-state index < -0.39 is 5.69 Å². The molecule has 0 radical (unpaired) electrons. The molecule has 28 heavy (non-hydrogen) atoms. The van der Waals surface area contributed by atoms with Gasteiger partial charge in [-0.15, -0.1) is 0 Å². The van der Waals surface area contributed by atoms with Crippen molar-refractivity contribution in [3.05, 3.63) is 58.0 Å². The molecule has 0 aliphatic carbocycles. The number of aryl methyl sites for hydroxylation is 1. The first-order valence-corrected chi connectivity index (χ1v) is 9.70. The highest BCUT2D eigenvalue weighted by molar-refractivity contribution is 5.92. The number of anilines is 1. The summed E-state index contributed by atoms with van der Waals surface area (Å²) in [5.41, 5.74) is 1.11. The van der Waals surface area contributed by atoms with Crippen LogP contribution in [0.1, 0.15) is 49.3 Å². The second-order valence-corrected chi connectivity index (χ2v) is 8.39. The molecule has 0 saturated carbocycles. The van der Waals surface area contributed by atoms with Crippen LogP contribution in [0.25, 0.3) is 0 Å². The van der Waals surface area contributed by atoms with Crippen LogP contribution in [-0.2, 0) is 0 Å². The van der Waals surface area contributed by atoms with Crippen molar-refractivity contribution in [1.29, 1.82) is 0 Å². The largest absolute Gasteiger partial charge is 0.361 e. The second kappa shape index (κ2) is 6.72. The van der Waals surface area contributed by atoms with E-state index in [9.17, 15) is 14.0 Å². The number of fused-ring (bicyclic) bond motifs is 1. The van der Waals surface area contributed by atoms with Gasteiger partial charge in [0.25, 0.3) is 5.91 Å². The van der Waals surface area contributed by atoms with Gasteiger partial charge in [-0.2, -0.15) is 4.98 Å². The van der Waals surface area contributed by atoms with Crippen molar-refractivity contribution in [1.82, 2.24) is 14.9 Å².